The molecule has 29 heavy (non-hydrogen) atoms. The number of rotatable bonds is 9. The highest BCUT2D eigenvalue weighted by Gasteiger charge is 2.38. The van der Waals surface area contributed by atoms with Crippen molar-refractivity contribution in [3.05, 3.63) is 36.5 Å². The summed E-state index contributed by atoms with van der Waals surface area (Å²) in [5.41, 5.74) is 0. The van der Waals surface area contributed by atoms with Crippen molar-refractivity contribution >= 4 is 20.3 Å². The molecule has 8 heteroatoms. The molecule has 1 aliphatic heterocycles. The molecule has 0 aromatic heterocycles. The third-order valence-electron chi connectivity index (χ3n) is 4.91. The molecule has 0 saturated carbocycles. The first-order valence-corrected chi connectivity index (χ1v) is 12.5. The molecule has 0 aliphatic carbocycles. The van der Waals surface area contributed by atoms with E-state index in [1.165, 1.54) is 0 Å². The van der Waals surface area contributed by atoms with Crippen LogP contribution < -0.4 is 0 Å². The normalized spacial score (nSPS) is 21.3. The van der Waals surface area contributed by atoms with E-state index in [4.69, 9.17) is 23.7 Å². The molecule has 164 valence electrons. The number of aliphatic carboxylic acids is 1. The minimum absolute atomic E-state index is 0.145. The predicted octanol–water partition coefficient (Wildman–Crippen LogP) is 3.82. The van der Waals surface area contributed by atoms with Crippen LogP contribution in [0.2, 0.25) is 18.1 Å². The van der Waals surface area contributed by atoms with Gasteiger partial charge in [0.05, 0.1) is 13.2 Å². The van der Waals surface area contributed by atoms with E-state index >= 15 is 0 Å². The number of allylic oxidation sites excluding steroid dienone is 2. The van der Waals surface area contributed by atoms with Gasteiger partial charge < -0.3 is 23.7 Å². The summed E-state index contributed by atoms with van der Waals surface area (Å²) in [5.74, 6) is -2.76. The Kier molecular flexibility index (Phi) is 9.01. The Bertz CT molecular complexity index is 656. The first kappa shape index (κ1) is 25.3. The highest BCUT2D eigenvalue weighted by Crippen LogP contribution is 2.36. The lowest BCUT2D eigenvalue weighted by Gasteiger charge is -2.35. The van der Waals surface area contributed by atoms with E-state index in [9.17, 15) is 9.59 Å². The molecule has 0 amide bonds. The number of hydrogen-bond acceptors (Lipinski definition) is 6. The van der Waals surface area contributed by atoms with Crippen molar-refractivity contribution in [2.24, 2.45) is 0 Å². The Morgan fingerprint density at radius 3 is 2.41 bits per heavy atom. The molecular weight excluding hydrogens is 392 g/mol. The molecule has 1 saturated heterocycles. The van der Waals surface area contributed by atoms with Gasteiger partial charge in [0.15, 0.2) is 14.1 Å². The second kappa shape index (κ2) is 10.3. The lowest BCUT2D eigenvalue weighted by atomic mass is 10.2. The predicted molar refractivity (Wildman–Crippen MR) is 113 cm³/mol. The summed E-state index contributed by atoms with van der Waals surface area (Å²) in [6.07, 6.45) is 7.56. The highest BCUT2D eigenvalue weighted by molar-refractivity contribution is 6.74. The Balaban J connectivity index is 2.71. The monoisotopic (exact) mass is 426 g/mol. The molecule has 7 nitrogen and oxygen atoms in total. The molecule has 0 unspecified atom stereocenters. The Morgan fingerprint density at radius 1 is 1.24 bits per heavy atom. The third-order valence-corrected chi connectivity index (χ3v) is 9.41. The van der Waals surface area contributed by atoms with Gasteiger partial charge in [0.25, 0.3) is 0 Å². The average Bonchev–Trinajstić information content (AvgIpc) is 2.93. The van der Waals surface area contributed by atoms with Crippen molar-refractivity contribution < 1.29 is 33.3 Å². The van der Waals surface area contributed by atoms with Crippen LogP contribution in [0.5, 0.6) is 0 Å². The van der Waals surface area contributed by atoms with Crippen LogP contribution in [0, 0.1) is 0 Å². The van der Waals surface area contributed by atoms with Gasteiger partial charge >= 0.3 is 11.9 Å². The number of carboxylic acid groups (broad SMARTS) is 1. The van der Waals surface area contributed by atoms with Crippen molar-refractivity contribution in [2.45, 2.75) is 70.7 Å². The van der Waals surface area contributed by atoms with Gasteiger partial charge in [0.1, 0.15) is 12.2 Å². The average molecular weight is 427 g/mol. The molecule has 1 fully saturated rings. The van der Waals surface area contributed by atoms with Crippen LogP contribution in [0.25, 0.3) is 0 Å². The quantitative estimate of drug-likeness (QED) is 0.259. The SMILES string of the molecule is CC1(C)OC[C@H]([C@H](/C=C/C=C/CO[Si](C)(C)C(C)(C)C)OC(=O)/C=C\C(=O)O)O1. The van der Waals surface area contributed by atoms with Crippen LogP contribution in [-0.4, -0.2) is 56.6 Å². The molecule has 1 heterocycles. The third kappa shape index (κ3) is 9.08. The zero-order chi connectivity index (χ0) is 22.3. The van der Waals surface area contributed by atoms with Crippen molar-refractivity contribution in [2.75, 3.05) is 13.2 Å². The van der Waals surface area contributed by atoms with Gasteiger partial charge in [0, 0.05) is 12.2 Å². The molecule has 0 bridgehead atoms. The van der Waals surface area contributed by atoms with Gasteiger partial charge in [-0.3, -0.25) is 0 Å². The Morgan fingerprint density at radius 2 is 1.90 bits per heavy atom. The van der Waals surface area contributed by atoms with Crippen LogP contribution in [0.3, 0.4) is 0 Å². The Hall–Kier alpha value is -1.74. The van der Waals surface area contributed by atoms with Crippen molar-refractivity contribution in [3.63, 3.8) is 0 Å². The van der Waals surface area contributed by atoms with Crippen LogP contribution in [-0.2, 0) is 28.2 Å². The maximum atomic E-state index is 11.9. The number of hydrogen-bond donors (Lipinski definition) is 1. The smallest absolute Gasteiger partial charge is 0.331 e. The minimum atomic E-state index is -1.80. The van der Waals surface area contributed by atoms with Crippen LogP contribution in [0.1, 0.15) is 34.6 Å². The Labute approximate surface area is 174 Å². The summed E-state index contributed by atoms with van der Waals surface area (Å²) in [5, 5.41) is 8.78. The van der Waals surface area contributed by atoms with E-state index in [0.29, 0.717) is 6.61 Å². The lowest BCUT2D eigenvalue weighted by Crippen LogP contribution is -2.40. The zero-order valence-electron chi connectivity index (χ0n) is 18.4. The van der Waals surface area contributed by atoms with Crippen LogP contribution >= 0.6 is 0 Å². The molecule has 1 rings (SSSR count). The number of carbonyl (C=O) groups is 2. The fraction of sp³-hybridized carbons (Fsp3) is 0.619. The first-order chi connectivity index (χ1) is 13.2. The van der Waals surface area contributed by atoms with Gasteiger partial charge in [-0.25, -0.2) is 9.59 Å². The summed E-state index contributed by atoms with van der Waals surface area (Å²) in [6.45, 7) is 15.3. The summed E-state index contributed by atoms with van der Waals surface area (Å²) < 4.78 is 22.7. The van der Waals surface area contributed by atoms with E-state index in [1.54, 1.807) is 26.0 Å². The lowest BCUT2D eigenvalue weighted by molar-refractivity contribution is -0.162. The van der Waals surface area contributed by atoms with Crippen molar-refractivity contribution in [1.29, 1.82) is 0 Å². The summed E-state index contributed by atoms with van der Waals surface area (Å²) in [4.78, 5) is 22.4. The molecule has 1 aliphatic rings. The standard InChI is InChI=1S/C21H34O7Si/c1-20(2,3)29(6,7)26-14-10-8-9-11-16(17-15-25-21(4,5)28-17)27-19(24)13-12-18(22)23/h8-13,16-17H,14-15H2,1-7H3,(H,22,23)/b10-8+,11-9+,13-12-/t16-,17+/m0/s1. The fourth-order valence-corrected chi connectivity index (χ4v) is 3.16. The number of carboxylic acids is 1. The highest BCUT2D eigenvalue weighted by atomic mass is 28.4. The largest absolute Gasteiger partial charge is 0.478 e. The molecular formula is C21H34O7Si. The van der Waals surface area contributed by atoms with Gasteiger partial charge in [-0.15, -0.1) is 0 Å². The minimum Gasteiger partial charge on any atom is -0.478 e. The zero-order valence-corrected chi connectivity index (χ0v) is 19.4. The van der Waals surface area contributed by atoms with Crippen LogP contribution in [0.4, 0.5) is 0 Å². The molecule has 2 atom stereocenters. The molecule has 1 N–H and O–H groups in total. The van der Waals surface area contributed by atoms with Gasteiger partial charge in [-0.1, -0.05) is 39.0 Å². The maximum absolute atomic E-state index is 11.9. The van der Waals surface area contributed by atoms with E-state index < -0.39 is 38.3 Å². The molecule has 0 radical (unpaired) electrons. The van der Waals surface area contributed by atoms with E-state index in [0.717, 1.165) is 12.2 Å². The van der Waals surface area contributed by atoms with E-state index in [2.05, 4.69) is 33.9 Å². The van der Waals surface area contributed by atoms with Gasteiger partial charge in [-0.05, 0) is 38.1 Å². The maximum Gasteiger partial charge on any atom is 0.331 e. The fourth-order valence-electron chi connectivity index (χ4n) is 2.21. The second-order valence-corrected chi connectivity index (χ2v) is 13.6. The number of carbonyl (C=O) groups excluding carboxylic acids is 1. The molecule has 0 spiro atoms. The van der Waals surface area contributed by atoms with Crippen LogP contribution in [0.15, 0.2) is 36.5 Å². The van der Waals surface area contributed by atoms with Gasteiger partial charge in [0.2, 0.25) is 0 Å². The van der Waals surface area contributed by atoms with Crippen molar-refractivity contribution in [3.8, 4) is 0 Å². The molecule has 0 aromatic carbocycles. The topological polar surface area (TPSA) is 91.3 Å². The van der Waals surface area contributed by atoms with E-state index in [1.807, 2.05) is 12.2 Å². The van der Waals surface area contributed by atoms with Gasteiger partial charge in [-0.2, -0.15) is 0 Å². The molecule has 0 aromatic rings. The number of ether oxygens (including phenoxy) is 3. The summed E-state index contributed by atoms with van der Waals surface area (Å²) in [6, 6.07) is 0. The summed E-state index contributed by atoms with van der Waals surface area (Å²) >= 11 is 0. The first-order valence-electron chi connectivity index (χ1n) is 9.64. The second-order valence-electron chi connectivity index (χ2n) is 8.82. The van der Waals surface area contributed by atoms with E-state index in [-0.39, 0.29) is 11.6 Å². The summed E-state index contributed by atoms with van der Waals surface area (Å²) in [7, 11) is -1.80. The van der Waals surface area contributed by atoms with Crippen molar-refractivity contribution in [1.82, 2.24) is 0 Å². The number of esters is 1.